The summed E-state index contributed by atoms with van der Waals surface area (Å²) in [4.78, 5) is 6.46. The Kier molecular flexibility index (Phi) is 8.28. The molecule has 0 aliphatic rings. The summed E-state index contributed by atoms with van der Waals surface area (Å²) in [6, 6.07) is 5.97. The van der Waals surface area contributed by atoms with Crippen LogP contribution in [0.2, 0.25) is 0 Å². The van der Waals surface area contributed by atoms with E-state index in [9.17, 15) is 4.39 Å². The minimum absolute atomic E-state index is 0.125. The SMILES string of the molecule is CCNC(=NCC(C)CO)N(C)CCOc1ccc(F)cc1. The van der Waals surface area contributed by atoms with Crippen LogP contribution in [-0.4, -0.2) is 55.9 Å². The van der Waals surface area contributed by atoms with Crippen LogP contribution in [0, 0.1) is 11.7 Å². The molecule has 1 unspecified atom stereocenters. The molecule has 0 spiro atoms. The van der Waals surface area contributed by atoms with E-state index in [1.54, 1.807) is 12.1 Å². The number of benzene rings is 1. The van der Waals surface area contributed by atoms with Gasteiger partial charge in [0, 0.05) is 26.7 Å². The van der Waals surface area contributed by atoms with E-state index in [1.165, 1.54) is 12.1 Å². The van der Waals surface area contributed by atoms with Crippen molar-refractivity contribution in [2.75, 3.05) is 39.9 Å². The summed E-state index contributed by atoms with van der Waals surface area (Å²) in [6.45, 7) is 6.55. The van der Waals surface area contributed by atoms with E-state index in [1.807, 2.05) is 25.8 Å². The molecule has 1 atom stereocenters. The Morgan fingerprint density at radius 3 is 2.68 bits per heavy atom. The van der Waals surface area contributed by atoms with E-state index in [-0.39, 0.29) is 18.3 Å². The van der Waals surface area contributed by atoms with Gasteiger partial charge >= 0.3 is 0 Å². The van der Waals surface area contributed by atoms with Crippen LogP contribution >= 0.6 is 0 Å². The van der Waals surface area contributed by atoms with Crippen molar-refractivity contribution in [2.45, 2.75) is 13.8 Å². The maximum atomic E-state index is 12.8. The molecular weight excluding hydrogens is 285 g/mol. The first-order valence-electron chi connectivity index (χ1n) is 7.55. The van der Waals surface area contributed by atoms with Gasteiger partial charge in [0.2, 0.25) is 0 Å². The fourth-order valence-corrected chi connectivity index (χ4v) is 1.71. The highest BCUT2D eigenvalue weighted by molar-refractivity contribution is 5.79. The molecule has 124 valence electrons. The van der Waals surface area contributed by atoms with Gasteiger partial charge in [-0.05, 0) is 37.1 Å². The minimum atomic E-state index is -0.274. The van der Waals surface area contributed by atoms with E-state index in [2.05, 4.69) is 10.3 Å². The van der Waals surface area contributed by atoms with Crippen molar-refractivity contribution < 1.29 is 14.2 Å². The van der Waals surface area contributed by atoms with Crippen LogP contribution in [0.1, 0.15) is 13.8 Å². The van der Waals surface area contributed by atoms with Gasteiger partial charge in [-0.25, -0.2) is 4.39 Å². The molecule has 22 heavy (non-hydrogen) atoms. The van der Waals surface area contributed by atoms with E-state index in [0.29, 0.717) is 25.4 Å². The molecule has 0 aliphatic carbocycles. The van der Waals surface area contributed by atoms with Crippen molar-refractivity contribution in [1.82, 2.24) is 10.2 Å². The number of guanidine groups is 1. The van der Waals surface area contributed by atoms with E-state index >= 15 is 0 Å². The first-order chi connectivity index (χ1) is 10.6. The van der Waals surface area contributed by atoms with Gasteiger partial charge in [-0.1, -0.05) is 6.92 Å². The Morgan fingerprint density at radius 1 is 1.41 bits per heavy atom. The summed E-state index contributed by atoms with van der Waals surface area (Å²) in [5, 5.41) is 12.3. The second kappa shape index (κ2) is 10.00. The number of hydrogen-bond donors (Lipinski definition) is 2. The maximum Gasteiger partial charge on any atom is 0.193 e. The zero-order valence-corrected chi connectivity index (χ0v) is 13.6. The monoisotopic (exact) mass is 311 g/mol. The first kappa shape index (κ1) is 18.2. The van der Waals surface area contributed by atoms with Crippen molar-refractivity contribution in [3.8, 4) is 5.75 Å². The lowest BCUT2D eigenvalue weighted by atomic mass is 10.2. The third-order valence-corrected chi connectivity index (χ3v) is 3.07. The summed E-state index contributed by atoms with van der Waals surface area (Å²) in [5.41, 5.74) is 0. The second-order valence-electron chi connectivity index (χ2n) is 5.21. The molecule has 0 bridgehead atoms. The van der Waals surface area contributed by atoms with Gasteiger partial charge in [-0.3, -0.25) is 4.99 Å². The third-order valence-electron chi connectivity index (χ3n) is 3.07. The van der Waals surface area contributed by atoms with Crippen molar-refractivity contribution in [1.29, 1.82) is 0 Å². The molecule has 0 saturated carbocycles. The van der Waals surface area contributed by atoms with Crippen LogP contribution in [0.4, 0.5) is 4.39 Å². The largest absolute Gasteiger partial charge is 0.492 e. The van der Waals surface area contributed by atoms with Gasteiger partial charge in [0.15, 0.2) is 5.96 Å². The Bertz CT molecular complexity index is 451. The average molecular weight is 311 g/mol. The number of ether oxygens (including phenoxy) is 1. The molecule has 1 aromatic rings. The van der Waals surface area contributed by atoms with Crippen molar-refractivity contribution >= 4 is 5.96 Å². The van der Waals surface area contributed by atoms with E-state index in [4.69, 9.17) is 9.84 Å². The Labute approximate surface area is 131 Å². The van der Waals surface area contributed by atoms with E-state index < -0.39 is 0 Å². The molecule has 0 fully saturated rings. The van der Waals surface area contributed by atoms with Crippen molar-refractivity contribution in [3.05, 3.63) is 30.1 Å². The Hall–Kier alpha value is -1.82. The van der Waals surface area contributed by atoms with Crippen LogP contribution in [0.5, 0.6) is 5.75 Å². The van der Waals surface area contributed by atoms with Gasteiger partial charge in [-0.2, -0.15) is 0 Å². The number of halogens is 1. The molecular formula is C16H26FN3O2. The molecule has 0 radical (unpaired) electrons. The molecule has 5 nitrogen and oxygen atoms in total. The summed E-state index contributed by atoms with van der Waals surface area (Å²) in [6.07, 6.45) is 0. The predicted molar refractivity (Wildman–Crippen MR) is 86.8 cm³/mol. The fourth-order valence-electron chi connectivity index (χ4n) is 1.71. The molecule has 0 heterocycles. The molecule has 0 aliphatic heterocycles. The smallest absolute Gasteiger partial charge is 0.193 e. The summed E-state index contributed by atoms with van der Waals surface area (Å²) in [5.74, 6) is 1.29. The van der Waals surface area contributed by atoms with Crippen LogP contribution in [0.3, 0.4) is 0 Å². The second-order valence-corrected chi connectivity index (χ2v) is 5.21. The lowest BCUT2D eigenvalue weighted by Crippen LogP contribution is -2.41. The topological polar surface area (TPSA) is 57.1 Å². The van der Waals surface area contributed by atoms with Crippen LogP contribution in [0.15, 0.2) is 29.3 Å². The highest BCUT2D eigenvalue weighted by Gasteiger charge is 2.07. The minimum Gasteiger partial charge on any atom is -0.492 e. The zero-order chi connectivity index (χ0) is 16.4. The number of nitrogens with zero attached hydrogens (tertiary/aromatic N) is 2. The highest BCUT2D eigenvalue weighted by Crippen LogP contribution is 2.10. The molecule has 2 N–H and O–H groups in total. The number of aliphatic hydroxyl groups excluding tert-OH is 1. The zero-order valence-electron chi connectivity index (χ0n) is 13.6. The highest BCUT2D eigenvalue weighted by atomic mass is 19.1. The van der Waals surface area contributed by atoms with Gasteiger partial charge in [0.25, 0.3) is 0 Å². The number of likely N-dealkylation sites (N-methyl/N-ethyl adjacent to an activating group) is 1. The first-order valence-corrected chi connectivity index (χ1v) is 7.55. The van der Waals surface area contributed by atoms with Crippen LogP contribution in [-0.2, 0) is 0 Å². The predicted octanol–water partition coefficient (Wildman–Crippen LogP) is 1.73. The van der Waals surface area contributed by atoms with Crippen molar-refractivity contribution in [2.24, 2.45) is 10.9 Å². The molecule has 0 saturated heterocycles. The van der Waals surface area contributed by atoms with Gasteiger partial charge in [-0.15, -0.1) is 0 Å². The number of nitrogens with one attached hydrogen (secondary N) is 1. The normalized spacial score (nSPS) is 12.9. The Balaban J connectivity index is 2.45. The van der Waals surface area contributed by atoms with Gasteiger partial charge in [0.1, 0.15) is 18.2 Å². The summed E-state index contributed by atoms with van der Waals surface area (Å²) < 4.78 is 18.4. The van der Waals surface area contributed by atoms with Gasteiger partial charge < -0.3 is 20.1 Å². The maximum absolute atomic E-state index is 12.8. The van der Waals surface area contributed by atoms with Crippen molar-refractivity contribution in [3.63, 3.8) is 0 Å². The number of aliphatic imine (C=N–C) groups is 1. The lowest BCUT2D eigenvalue weighted by Gasteiger charge is -2.22. The molecule has 0 aromatic heterocycles. The van der Waals surface area contributed by atoms with Crippen LogP contribution in [0.25, 0.3) is 0 Å². The Morgan fingerprint density at radius 2 is 2.09 bits per heavy atom. The summed E-state index contributed by atoms with van der Waals surface area (Å²) in [7, 11) is 1.93. The average Bonchev–Trinajstić information content (AvgIpc) is 2.52. The molecule has 1 rings (SSSR count). The quantitative estimate of drug-likeness (QED) is 0.567. The lowest BCUT2D eigenvalue weighted by molar-refractivity contribution is 0.241. The van der Waals surface area contributed by atoms with Crippen LogP contribution < -0.4 is 10.1 Å². The molecule has 0 amide bonds. The third kappa shape index (κ3) is 6.76. The molecule has 1 aromatic carbocycles. The summed E-state index contributed by atoms with van der Waals surface area (Å²) >= 11 is 0. The number of rotatable bonds is 8. The fraction of sp³-hybridized carbons (Fsp3) is 0.562. The van der Waals surface area contributed by atoms with Gasteiger partial charge in [0.05, 0.1) is 6.54 Å². The standard InChI is InChI=1S/C16H26FN3O2/c1-4-18-16(19-11-13(2)12-21)20(3)9-10-22-15-7-5-14(17)6-8-15/h5-8,13,21H,4,9-12H2,1-3H3,(H,18,19). The van der Waals surface area contributed by atoms with E-state index in [0.717, 1.165) is 12.5 Å². The molecule has 6 heteroatoms. The number of hydrogen-bond acceptors (Lipinski definition) is 3. The number of aliphatic hydroxyl groups is 1.